The highest BCUT2D eigenvalue weighted by molar-refractivity contribution is 6.04. The molecule has 3 aromatic rings. The molecule has 1 aliphatic rings. The fourth-order valence-electron chi connectivity index (χ4n) is 3.03. The van der Waals surface area contributed by atoms with E-state index in [2.05, 4.69) is 27.8 Å². The molecule has 0 unspecified atom stereocenters. The van der Waals surface area contributed by atoms with E-state index in [0.29, 0.717) is 0 Å². The summed E-state index contributed by atoms with van der Waals surface area (Å²) >= 11 is 0. The summed E-state index contributed by atoms with van der Waals surface area (Å²) in [6.07, 6.45) is 3.73. The molecule has 0 radical (unpaired) electrons. The number of carbonyl (C=O) groups excluding carboxylic acids is 1. The van der Waals surface area contributed by atoms with Gasteiger partial charge in [0.2, 0.25) is 0 Å². The van der Waals surface area contributed by atoms with Crippen LogP contribution in [0, 0.1) is 0 Å². The van der Waals surface area contributed by atoms with Crippen molar-refractivity contribution in [1.29, 1.82) is 0 Å². The van der Waals surface area contributed by atoms with Crippen LogP contribution in [0.25, 0.3) is 22.3 Å². The van der Waals surface area contributed by atoms with E-state index in [-0.39, 0.29) is 0 Å². The van der Waals surface area contributed by atoms with E-state index in [4.69, 9.17) is 0 Å². The summed E-state index contributed by atoms with van der Waals surface area (Å²) in [5.74, 6) is 0. The lowest BCUT2D eigenvalue weighted by Gasteiger charge is -2.19. The van der Waals surface area contributed by atoms with Gasteiger partial charge in [0, 0.05) is 29.3 Å². The molecule has 2 aromatic heterocycles. The van der Waals surface area contributed by atoms with Crippen LogP contribution in [0.5, 0.6) is 0 Å². The van der Waals surface area contributed by atoms with E-state index < -0.39 is 0 Å². The smallest absolute Gasteiger partial charge is 0.152 e. The molecule has 19 heavy (non-hydrogen) atoms. The van der Waals surface area contributed by atoms with Crippen LogP contribution in [0.1, 0.15) is 15.9 Å². The minimum absolute atomic E-state index is 0.759. The van der Waals surface area contributed by atoms with Gasteiger partial charge in [0.05, 0.1) is 5.69 Å². The van der Waals surface area contributed by atoms with Crippen LogP contribution < -0.4 is 0 Å². The Morgan fingerprint density at radius 3 is 2.95 bits per heavy atom. The Balaban J connectivity index is 2.18. The van der Waals surface area contributed by atoms with Crippen molar-refractivity contribution in [2.24, 2.45) is 0 Å². The third-order valence-electron chi connectivity index (χ3n) is 3.85. The Bertz CT molecular complexity index is 802. The molecular weight excluding hydrogens is 236 g/mol. The summed E-state index contributed by atoms with van der Waals surface area (Å²) in [6.45, 7) is 0.883. The molecule has 0 fully saturated rings. The Morgan fingerprint density at radius 2 is 2.05 bits per heavy atom. The number of aryl methyl sites for hydroxylation is 2. The molecule has 1 aromatic carbocycles. The summed E-state index contributed by atoms with van der Waals surface area (Å²) in [7, 11) is 0. The van der Waals surface area contributed by atoms with Crippen LogP contribution in [0.15, 0.2) is 42.6 Å². The lowest BCUT2D eigenvalue weighted by atomic mass is 9.96. The molecule has 3 heterocycles. The summed E-state index contributed by atoms with van der Waals surface area (Å²) in [4.78, 5) is 16.0. The predicted molar refractivity (Wildman–Crippen MR) is 74.3 cm³/mol. The first kappa shape index (κ1) is 10.5. The maximum absolute atomic E-state index is 11.5. The lowest BCUT2D eigenvalue weighted by Crippen LogP contribution is -2.11. The number of aldehydes is 1. The van der Waals surface area contributed by atoms with Crippen LogP contribution >= 0.6 is 0 Å². The second kappa shape index (κ2) is 3.79. The van der Waals surface area contributed by atoms with Gasteiger partial charge in [0.1, 0.15) is 5.65 Å². The van der Waals surface area contributed by atoms with Crippen molar-refractivity contribution in [2.45, 2.75) is 13.0 Å². The summed E-state index contributed by atoms with van der Waals surface area (Å²) in [6, 6.07) is 12.2. The van der Waals surface area contributed by atoms with E-state index in [1.54, 1.807) is 6.20 Å². The van der Waals surface area contributed by atoms with Gasteiger partial charge in [-0.05, 0) is 24.1 Å². The minimum Gasteiger partial charge on any atom is -0.324 e. The number of rotatable bonds is 1. The van der Waals surface area contributed by atoms with Crippen LogP contribution in [0.4, 0.5) is 0 Å². The van der Waals surface area contributed by atoms with Gasteiger partial charge in [0.25, 0.3) is 0 Å². The summed E-state index contributed by atoms with van der Waals surface area (Å²) in [5.41, 5.74) is 5.16. The van der Waals surface area contributed by atoms with Gasteiger partial charge in [-0.2, -0.15) is 0 Å². The Hall–Kier alpha value is -2.42. The molecule has 3 heteroatoms. The predicted octanol–water partition coefficient (Wildman–Crippen LogP) is 3.07. The minimum atomic E-state index is 0.759. The van der Waals surface area contributed by atoms with Crippen molar-refractivity contribution >= 4 is 17.3 Å². The second-order valence-corrected chi connectivity index (χ2v) is 4.81. The number of fused-ring (bicyclic) bond motifs is 5. The summed E-state index contributed by atoms with van der Waals surface area (Å²) < 4.78 is 2.17. The SMILES string of the molecule is O=Cc1c2n(c3ncccc13)CCc1ccccc1-2. The zero-order valence-corrected chi connectivity index (χ0v) is 10.3. The highest BCUT2D eigenvalue weighted by atomic mass is 16.1. The zero-order valence-electron chi connectivity index (χ0n) is 10.3. The fraction of sp³-hybridized carbons (Fsp3) is 0.125. The number of pyridine rings is 1. The van der Waals surface area contributed by atoms with Gasteiger partial charge in [-0.15, -0.1) is 0 Å². The maximum Gasteiger partial charge on any atom is 0.152 e. The molecule has 1 aliphatic heterocycles. The molecule has 4 rings (SSSR count). The van der Waals surface area contributed by atoms with E-state index >= 15 is 0 Å². The molecule has 0 amide bonds. The molecule has 0 N–H and O–H groups in total. The second-order valence-electron chi connectivity index (χ2n) is 4.81. The molecule has 0 spiro atoms. The van der Waals surface area contributed by atoms with Gasteiger partial charge in [-0.1, -0.05) is 24.3 Å². The average Bonchev–Trinajstić information content (AvgIpc) is 2.81. The number of aromatic nitrogens is 2. The van der Waals surface area contributed by atoms with Gasteiger partial charge >= 0.3 is 0 Å². The van der Waals surface area contributed by atoms with E-state index in [0.717, 1.165) is 47.1 Å². The molecule has 3 nitrogen and oxygen atoms in total. The Labute approximate surface area is 110 Å². The maximum atomic E-state index is 11.5. The number of benzene rings is 1. The van der Waals surface area contributed by atoms with Crippen molar-refractivity contribution in [3.63, 3.8) is 0 Å². The normalized spacial score (nSPS) is 13.1. The Morgan fingerprint density at radius 1 is 1.16 bits per heavy atom. The largest absolute Gasteiger partial charge is 0.324 e. The van der Waals surface area contributed by atoms with Crippen LogP contribution in [0.3, 0.4) is 0 Å². The number of nitrogens with zero attached hydrogens (tertiary/aromatic N) is 2. The lowest BCUT2D eigenvalue weighted by molar-refractivity contribution is 0.112. The van der Waals surface area contributed by atoms with Crippen LogP contribution in [-0.4, -0.2) is 15.8 Å². The molecule has 0 bridgehead atoms. The molecular formula is C16H12N2O. The zero-order chi connectivity index (χ0) is 12.8. The third kappa shape index (κ3) is 1.32. The van der Waals surface area contributed by atoms with Crippen LogP contribution in [0.2, 0.25) is 0 Å². The van der Waals surface area contributed by atoms with E-state index in [9.17, 15) is 4.79 Å². The number of carbonyl (C=O) groups is 1. The molecule has 92 valence electrons. The first-order valence-corrected chi connectivity index (χ1v) is 6.41. The summed E-state index contributed by atoms with van der Waals surface area (Å²) in [5, 5.41) is 0.948. The van der Waals surface area contributed by atoms with Crippen molar-refractivity contribution < 1.29 is 4.79 Å². The first-order valence-electron chi connectivity index (χ1n) is 6.41. The molecule has 0 atom stereocenters. The van der Waals surface area contributed by atoms with Crippen molar-refractivity contribution in [3.05, 3.63) is 53.7 Å². The standard InChI is InChI=1S/C16H12N2O/c19-10-14-13-6-3-8-17-16(13)18-9-7-11-4-1-2-5-12(11)15(14)18/h1-6,8,10H,7,9H2. The molecule has 0 saturated carbocycles. The highest BCUT2D eigenvalue weighted by Crippen LogP contribution is 2.37. The van der Waals surface area contributed by atoms with Gasteiger partial charge < -0.3 is 4.57 Å². The average molecular weight is 248 g/mol. The fourth-order valence-corrected chi connectivity index (χ4v) is 3.03. The number of hydrogen-bond donors (Lipinski definition) is 0. The quantitative estimate of drug-likeness (QED) is 0.620. The van der Waals surface area contributed by atoms with Crippen molar-refractivity contribution in [1.82, 2.24) is 9.55 Å². The third-order valence-corrected chi connectivity index (χ3v) is 3.85. The monoisotopic (exact) mass is 248 g/mol. The van der Waals surface area contributed by atoms with Crippen molar-refractivity contribution in [3.8, 4) is 11.3 Å². The van der Waals surface area contributed by atoms with Crippen LogP contribution in [-0.2, 0) is 13.0 Å². The van der Waals surface area contributed by atoms with Gasteiger partial charge in [-0.25, -0.2) is 4.98 Å². The van der Waals surface area contributed by atoms with E-state index in [1.807, 2.05) is 18.2 Å². The first-order chi connectivity index (χ1) is 9.40. The van der Waals surface area contributed by atoms with E-state index in [1.165, 1.54) is 5.56 Å². The molecule has 0 saturated heterocycles. The van der Waals surface area contributed by atoms with Gasteiger partial charge in [-0.3, -0.25) is 4.79 Å². The highest BCUT2D eigenvalue weighted by Gasteiger charge is 2.23. The van der Waals surface area contributed by atoms with Crippen molar-refractivity contribution in [2.75, 3.05) is 0 Å². The molecule has 0 aliphatic carbocycles. The Kier molecular flexibility index (Phi) is 2.09. The van der Waals surface area contributed by atoms with Gasteiger partial charge in [0.15, 0.2) is 6.29 Å². The topological polar surface area (TPSA) is 34.9 Å². The number of hydrogen-bond acceptors (Lipinski definition) is 2.